The zero-order valence-corrected chi connectivity index (χ0v) is 41.7. The van der Waals surface area contributed by atoms with Gasteiger partial charge >= 0.3 is 10.4 Å². The molecule has 380 valence electrons. The molecule has 1 saturated heterocycles. The van der Waals surface area contributed by atoms with Gasteiger partial charge in [0.15, 0.2) is 6.29 Å². The normalized spacial score (nSPS) is 20.3. The molecule has 0 radical (unpaired) electrons. The topological polar surface area (TPSA) is 192 Å². The Balaban J connectivity index is 2.43. The molecular formula is C51H99NO11S. The highest BCUT2D eigenvalue weighted by Crippen LogP contribution is 2.26. The van der Waals surface area contributed by atoms with E-state index in [1.807, 2.05) is 6.08 Å². The van der Waals surface area contributed by atoms with Gasteiger partial charge in [0.05, 0.1) is 25.4 Å². The van der Waals surface area contributed by atoms with Gasteiger partial charge in [-0.2, -0.15) is 8.42 Å². The molecule has 64 heavy (non-hydrogen) atoms. The Morgan fingerprint density at radius 1 is 0.609 bits per heavy atom. The largest absolute Gasteiger partial charge is 0.397 e. The maximum atomic E-state index is 13.1. The number of carbonyl (C=O) groups is 1. The predicted molar refractivity (Wildman–Crippen MR) is 259 cm³/mol. The third kappa shape index (κ3) is 34.2. The molecule has 1 heterocycles. The van der Waals surface area contributed by atoms with Gasteiger partial charge in [-0.1, -0.05) is 238 Å². The molecule has 0 aromatic carbocycles. The number of nitrogens with one attached hydrogen (secondary N) is 1. The summed E-state index contributed by atoms with van der Waals surface area (Å²) in [6.07, 6.45) is 39.6. The first kappa shape index (κ1) is 60.9. The van der Waals surface area contributed by atoms with E-state index in [-0.39, 0.29) is 18.9 Å². The summed E-state index contributed by atoms with van der Waals surface area (Å²) in [4.78, 5) is 13.1. The van der Waals surface area contributed by atoms with Gasteiger partial charge in [-0.25, -0.2) is 4.18 Å². The van der Waals surface area contributed by atoms with E-state index in [0.29, 0.717) is 6.42 Å². The fourth-order valence-corrected chi connectivity index (χ4v) is 9.20. The summed E-state index contributed by atoms with van der Waals surface area (Å²) >= 11 is 0. The molecule has 0 bridgehead atoms. The summed E-state index contributed by atoms with van der Waals surface area (Å²) in [6.45, 7) is 3.42. The molecule has 0 aromatic rings. The molecule has 0 aromatic heterocycles. The molecule has 0 aliphatic carbocycles. The third-order valence-electron chi connectivity index (χ3n) is 12.8. The average molecular weight is 934 g/mol. The number of aliphatic hydroxyl groups excluding tert-OH is 4. The van der Waals surface area contributed by atoms with Gasteiger partial charge in [0.2, 0.25) is 5.91 Å². The Bertz CT molecular complexity index is 1190. The smallest absolute Gasteiger partial charge is 0.394 e. The van der Waals surface area contributed by atoms with Crippen LogP contribution in [-0.2, 0) is 28.9 Å². The van der Waals surface area contributed by atoms with Crippen molar-refractivity contribution in [3.63, 3.8) is 0 Å². The van der Waals surface area contributed by atoms with Crippen LogP contribution in [0.4, 0.5) is 0 Å². The van der Waals surface area contributed by atoms with Gasteiger partial charge < -0.3 is 35.2 Å². The van der Waals surface area contributed by atoms with E-state index in [2.05, 4.69) is 23.3 Å². The zero-order valence-electron chi connectivity index (χ0n) is 40.9. The number of rotatable bonds is 46. The van der Waals surface area contributed by atoms with Crippen LogP contribution in [0.1, 0.15) is 251 Å². The first-order chi connectivity index (χ1) is 31.0. The van der Waals surface area contributed by atoms with E-state index in [4.69, 9.17) is 9.47 Å². The molecule has 0 saturated carbocycles. The molecule has 0 spiro atoms. The Hall–Kier alpha value is -1.16. The Morgan fingerprint density at radius 2 is 0.984 bits per heavy atom. The summed E-state index contributed by atoms with van der Waals surface area (Å²) in [6, 6.07) is -0.939. The Labute approximate surface area is 391 Å². The highest BCUT2D eigenvalue weighted by Gasteiger charge is 2.48. The molecule has 12 nitrogen and oxygen atoms in total. The van der Waals surface area contributed by atoms with E-state index in [9.17, 15) is 38.2 Å². The van der Waals surface area contributed by atoms with Crippen molar-refractivity contribution in [3.05, 3.63) is 12.2 Å². The van der Waals surface area contributed by atoms with Gasteiger partial charge in [-0.3, -0.25) is 9.35 Å². The van der Waals surface area contributed by atoms with E-state index in [1.165, 1.54) is 186 Å². The van der Waals surface area contributed by atoms with Crippen molar-refractivity contribution in [2.24, 2.45) is 0 Å². The highest BCUT2D eigenvalue weighted by atomic mass is 32.3. The van der Waals surface area contributed by atoms with Crippen molar-refractivity contribution >= 4 is 16.3 Å². The predicted octanol–water partition coefficient (Wildman–Crippen LogP) is 11.5. The molecule has 1 fully saturated rings. The summed E-state index contributed by atoms with van der Waals surface area (Å²) < 4.78 is 47.7. The van der Waals surface area contributed by atoms with Crippen LogP contribution in [0, 0.1) is 0 Å². The van der Waals surface area contributed by atoms with E-state index in [0.717, 1.165) is 38.5 Å². The molecule has 1 aliphatic rings. The number of amides is 1. The molecule has 1 amide bonds. The number of hydrogen-bond donors (Lipinski definition) is 6. The first-order valence-corrected chi connectivity index (χ1v) is 27.9. The maximum Gasteiger partial charge on any atom is 0.397 e. The number of ether oxygens (including phenoxy) is 2. The fourth-order valence-electron chi connectivity index (χ4n) is 8.69. The highest BCUT2D eigenvalue weighted by molar-refractivity contribution is 7.80. The lowest BCUT2D eigenvalue weighted by Gasteiger charge is -2.41. The summed E-state index contributed by atoms with van der Waals surface area (Å²) in [7, 11) is -5.08. The standard InChI is InChI=1S/C51H99NO11S/c1-3-5-7-9-11-13-15-17-19-21-22-23-25-26-28-30-32-34-36-38-40-45(54)44(43-61-51-49(57)50(63-64(58,59)60)48(56)46(42-53)62-51)52-47(55)41-39-37-35-33-31-29-27-24-20-18-16-14-12-10-8-6-4-2/h38,40,44-46,48-51,53-54,56-57H,3-37,39,41-43H2,1-2H3,(H,52,55)(H,58,59,60)/b40-38+. The summed E-state index contributed by atoms with van der Waals surface area (Å²) in [5.74, 6) is -0.258. The minimum Gasteiger partial charge on any atom is -0.394 e. The molecule has 6 N–H and O–H groups in total. The summed E-state index contributed by atoms with van der Waals surface area (Å²) in [5.41, 5.74) is 0. The number of carbonyl (C=O) groups excluding carboxylic acids is 1. The zero-order chi connectivity index (χ0) is 46.9. The SMILES string of the molecule is CCCCCCCCCCCCCCCCCCCC/C=C/C(O)C(COC1OC(CO)C(O)C(OS(=O)(=O)O)C1O)NC(=O)CCCCCCCCCCCCCCCCCCC. The Kier molecular flexibility index (Phi) is 39.9. The van der Waals surface area contributed by atoms with Gasteiger partial charge in [0.25, 0.3) is 0 Å². The number of aliphatic hydroxyl groups is 4. The quantitative estimate of drug-likeness (QED) is 0.0193. The second-order valence-corrected chi connectivity index (χ2v) is 19.9. The van der Waals surface area contributed by atoms with Crippen LogP contribution in [0.15, 0.2) is 12.2 Å². The molecule has 13 heteroatoms. The molecule has 7 unspecified atom stereocenters. The Morgan fingerprint density at radius 3 is 1.36 bits per heavy atom. The molecule has 1 rings (SSSR count). The van der Waals surface area contributed by atoms with E-state index < -0.39 is 59.9 Å². The first-order valence-electron chi connectivity index (χ1n) is 26.6. The molecule has 7 atom stereocenters. The third-order valence-corrected chi connectivity index (χ3v) is 13.3. The summed E-state index contributed by atoms with van der Waals surface area (Å²) in [5, 5.41) is 44.9. The van der Waals surface area contributed by atoms with Gasteiger partial charge in [-0.05, 0) is 19.3 Å². The lowest BCUT2D eigenvalue weighted by Crippen LogP contribution is -2.61. The van der Waals surface area contributed by atoms with E-state index >= 15 is 0 Å². The van der Waals surface area contributed by atoms with Crippen LogP contribution < -0.4 is 5.32 Å². The van der Waals surface area contributed by atoms with E-state index in [1.54, 1.807) is 6.08 Å². The van der Waals surface area contributed by atoms with Crippen LogP contribution in [0.5, 0.6) is 0 Å². The maximum absolute atomic E-state index is 13.1. The van der Waals surface area contributed by atoms with Crippen molar-refractivity contribution in [1.29, 1.82) is 0 Å². The fraction of sp³-hybridized carbons (Fsp3) is 0.941. The lowest BCUT2D eigenvalue weighted by atomic mass is 9.99. The number of hydrogen-bond acceptors (Lipinski definition) is 10. The van der Waals surface area contributed by atoms with Crippen LogP contribution in [0.2, 0.25) is 0 Å². The van der Waals surface area contributed by atoms with Gasteiger partial charge in [-0.15, -0.1) is 0 Å². The lowest BCUT2D eigenvalue weighted by molar-refractivity contribution is -0.298. The van der Waals surface area contributed by atoms with Crippen LogP contribution >= 0.6 is 0 Å². The minimum absolute atomic E-state index is 0.258. The van der Waals surface area contributed by atoms with Crippen molar-refractivity contribution < 1.29 is 51.8 Å². The second kappa shape index (κ2) is 42.0. The minimum atomic E-state index is -5.08. The second-order valence-electron chi connectivity index (χ2n) is 18.8. The molecular weight excluding hydrogens is 835 g/mol. The van der Waals surface area contributed by atoms with Crippen molar-refractivity contribution in [2.75, 3.05) is 13.2 Å². The number of unbranched alkanes of at least 4 members (excludes halogenated alkanes) is 34. The van der Waals surface area contributed by atoms with Crippen LogP contribution in [0.25, 0.3) is 0 Å². The number of allylic oxidation sites excluding steroid dienone is 1. The van der Waals surface area contributed by atoms with Gasteiger partial charge in [0.1, 0.15) is 24.4 Å². The van der Waals surface area contributed by atoms with Crippen LogP contribution in [-0.4, -0.2) is 95.4 Å². The van der Waals surface area contributed by atoms with Crippen molar-refractivity contribution in [1.82, 2.24) is 5.32 Å². The average Bonchev–Trinajstić information content (AvgIpc) is 3.27. The molecule has 1 aliphatic heterocycles. The van der Waals surface area contributed by atoms with Gasteiger partial charge in [0, 0.05) is 6.42 Å². The monoisotopic (exact) mass is 934 g/mol. The van der Waals surface area contributed by atoms with Crippen LogP contribution in [0.3, 0.4) is 0 Å². The van der Waals surface area contributed by atoms with Crippen molar-refractivity contribution in [3.8, 4) is 0 Å². The van der Waals surface area contributed by atoms with Crippen molar-refractivity contribution in [2.45, 2.75) is 294 Å².